The van der Waals surface area contributed by atoms with Gasteiger partial charge < -0.3 is 10.6 Å². The fourth-order valence-electron chi connectivity index (χ4n) is 2.32. The van der Waals surface area contributed by atoms with Crippen LogP contribution < -0.4 is 10.6 Å². The predicted molar refractivity (Wildman–Crippen MR) is 65.7 cm³/mol. The number of hydrogen-bond acceptors (Lipinski definition) is 3. The van der Waals surface area contributed by atoms with Crippen LogP contribution in [0.5, 0.6) is 0 Å². The van der Waals surface area contributed by atoms with Crippen LogP contribution in [0.3, 0.4) is 0 Å². The molecule has 4 nitrogen and oxygen atoms in total. The number of nitrogens with two attached hydrogens (primary N) is 1. The third-order valence-corrected chi connectivity index (χ3v) is 3.36. The number of anilines is 1. The zero-order chi connectivity index (χ0) is 14.9. The minimum Gasteiger partial charge on any atom is -0.370 e. The van der Waals surface area contributed by atoms with Crippen molar-refractivity contribution < 1.29 is 18.0 Å². The van der Waals surface area contributed by atoms with Crippen molar-refractivity contribution in [3.05, 3.63) is 29.3 Å². The van der Waals surface area contributed by atoms with Crippen LogP contribution in [0.4, 0.5) is 18.9 Å². The van der Waals surface area contributed by atoms with Crippen LogP contribution in [0.2, 0.25) is 0 Å². The van der Waals surface area contributed by atoms with Crippen LogP contribution in [0.25, 0.3) is 0 Å². The van der Waals surface area contributed by atoms with Gasteiger partial charge in [0.05, 0.1) is 23.1 Å². The lowest BCUT2D eigenvalue weighted by Crippen LogP contribution is -2.28. The fourth-order valence-corrected chi connectivity index (χ4v) is 2.32. The van der Waals surface area contributed by atoms with Gasteiger partial charge >= 0.3 is 6.18 Å². The average molecular weight is 283 g/mol. The van der Waals surface area contributed by atoms with Gasteiger partial charge in [-0.25, -0.2) is 0 Å². The number of benzene rings is 1. The highest BCUT2D eigenvalue weighted by atomic mass is 19.4. The Kier molecular flexibility index (Phi) is 3.57. The van der Waals surface area contributed by atoms with Gasteiger partial charge in [0.1, 0.15) is 0 Å². The van der Waals surface area contributed by atoms with Crippen molar-refractivity contribution >= 4 is 11.6 Å². The number of carbonyl (C=O) groups is 1. The van der Waals surface area contributed by atoms with Gasteiger partial charge in [-0.3, -0.25) is 4.79 Å². The zero-order valence-electron chi connectivity index (χ0n) is 10.4. The molecular formula is C13H12F3N3O. The lowest BCUT2D eigenvalue weighted by atomic mass is 10.1. The van der Waals surface area contributed by atoms with Crippen molar-refractivity contribution in [3.63, 3.8) is 0 Å². The Morgan fingerprint density at radius 1 is 1.45 bits per heavy atom. The second-order valence-corrected chi connectivity index (χ2v) is 4.68. The molecule has 1 saturated heterocycles. The van der Waals surface area contributed by atoms with Gasteiger partial charge in [-0.05, 0) is 24.6 Å². The Balaban J connectivity index is 2.38. The molecule has 1 amide bonds. The molecule has 2 rings (SSSR count). The molecular weight excluding hydrogens is 271 g/mol. The molecule has 1 aliphatic heterocycles. The zero-order valence-corrected chi connectivity index (χ0v) is 10.4. The first-order chi connectivity index (χ1) is 9.32. The van der Waals surface area contributed by atoms with Gasteiger partial charge in [0.15, 0.2) is 0 Å². The molecule has 0 aromatic heterocycles. The van der Waals surface area contributed by atoms with E-state index in [9.17, 15) is 18.0 Å². The summed E-state index contributed by atoms with van der Waals surface area (Å²) in [6.45, 7) is 0.507. The van der Waals surface area contributed by atoms with Crippen LogP contribution in [0.1, 0.15) is 17.5 Å². The van der Waals surface area contributed by atoms with Gasteiger partial charge in [0.2, 0.25) is 5.91 Å². The first kappa shape index (κ1) is 14.2. The highest BCUT2D eigenvalue weighted by molar-refractivity contribution is 5.78. The van der Waals surface area contributed by atoms with Gasteiger partial charge in [-0.1, -0.05) is 0 Å². The smallest absolute Gasteiger partial charge is 0.370 e. The normalized spacial score (nSPS) is 18.9. The molecule has 1 fully saturated rings. The third kappa shape index (κ3) is 2.69. The Bertz CT molecular complexity index is 577. The molecule has 0 saturated carbocycles. The van der Waals surface area contributed by atoms with Crippen molar-refractivity contribution in [3.8, 4) is 6.07 Å². The molecule has 0 radical (unpaired) electrons. The lowest BCUT2D eigenvalue weighted by Gasteiger charge is -2.23. The summed E-state index contributed by atoms with van der Waals surface area (Å²) < 4.78 is 39.1. The molecule has 1 aromatic carbocycles. The van der Waals surface area contributed by atoms with E-state index in [0.717, 1.165) is 6.07 Å². The Hall–Kier alpha value is -2.23. The van der Waals surface area contributed by atoms with Crippen molar-refractivity contribution in [1.29, 1.82) is 5.26 Å². The molecule has 1 heterocycles. The monoisotopic (exact) mass is 283 g/mol. The van der Waals surface area contributed by atoms with Crippen LogP contribution >= 0.6 is 0 Å². The van der Waals surface area contributed by atoms with E-state index < -0.39 is 23.6 Å². The standard InChI is InChI=1S/C13H12F3N3O/c14-13(15,16)10-5-8(6-17)1-2-11(10)19-4-3-9(7-19)12(18)20/h1-2,5,9H,3-4,7H2,(H2,18,20)/t9-/m0/s1. The summed E-state index contributed by atoms with van der Waals surface area (Å²) in [6.07, 6.45) is -4.11. The molecule has 0 aliphatic carbocycles. The summed E-state index contributed by atoms with van der Waals surface area (Å²) in [6, 6.07) is 5.12. The molecule has 0 bridgehead atoms. The topological polar surface area (TPSA) is 70.1 Å². The van der Waals surface area contributed by atoms with Crippen LogP contribution in [-0.4, -0.2) is 19.0 Å². The minimum absolute atomic E-state index is 0.0137. The van der Waals surface area contributed by atoms with Crippen molar-refractivity contribution in [2.75, 3.05) is 18.0 Å². The number of hydrogen-bond donors (Lipinski definition) is 1. The second kappa shape index (κ2) is 5.04. The number of rotatable bonds is 2. The van der Waals surface area contributed by atoms with Gasteiger partial charge in [0.25, 0.3) is 0 Å². The van der Waals surface area contributed by atoms with Crippen LogP contribution in [0, 0.1) is 17.2 Å². The SMILES string of the molecule is N#Cc1ccc(N2CC[C@H](C(N)=O)C2)c(C(F)(F)F)c1. The number of amides is 1. The van der Waals surface area contributed by atoms with E-state index in [0.29, 0.717) is 13.0 Å². The summed E-state index contributed by atoms with van der Waals surface area (Å²) in [5, 5.41) is 8.71. The van der Waals surface area contributed by atoms with Crippen LogP contribution in [0.15, 0.2) is 18.2 Å². The van der Waals surface area contributed by atoms with Gasteiger partial charge in [-0.2, -0.15) is 18.4 Å². The Morgan fingerprint density at radius 3 is 2.65 bits per heavy atom. The number of carbonyl (C=O) groups excluding carboxylic acids is 1. The number of halogens is 3. The van der Waals surface area contributed by atoms with E-state index in [1.165, 1.54) is 17.0 Å². The molecule has 2 N–H and O–H groups in total. The lowest BCUT2D eigenvalue weighted by molar-refractivity contribution is -0.137. The molecule has 7 heteroatoms. The van der Waals surface area contributed by atoms with Gasteiger partial charge in [0, 0.05) is 18.8 Å². The third-order valence-electron chi connectivity index (χ3n) is 3.36. The highest BCUT2D eigenvalue weighted by Crippen LogP contribution is 2.38. The quantitative estimate of drug-likeness (QED) is 0.901. The molecule has 1 atom stereocenters. The van der Waals surface area contributed by atoms with E-state index in [2.05, 4.69) is 0 Å². The van der Waals surface area contributed by atoms with Crippen molar-refractivity contribution in [1.82, 2.24) is 0 Å². The van der Waals surface area contributed by atoms with E-state index in [1.54, 1.807) is 6.07 Å². The number of primary amides is 1. The van der Waals surface area contributed by atoms with E-state index in [4.69, 9.17) is 11.0 Å². The Morgan fingerprint density at radius 2 is 2.15 bits per heavy atom. The fraction of sp³-hybridized carbons (Fsp3) is 0.385. The molecule has 0 unspecified atom stereocenters. The summed E-state index contributed by atoms with van der Waals surface area (Å²) in [5.74, 6) is -0.943. The predicted octanol–water partition coefficient (Wildman–Crippen LogP) is 1.89. The first-order valence-electron chi connectivity index (χ1n) is 5.98. The number of nitrogens with zero attached hydrogens (tertiary/aromatic N) is 2. The molecule has 1 aromatic rings. The van der Waals surface area contributed by atoms with Crippen molar-refractivity contribution in [2.45, 2.75) is 12.6 Å². The highest BCUT2D eigenvalue weighted by Gasteiger charge is 2.37. The maximum Gasteiger partial charge on any atom is 0.418 e. The van der Waals surface area contributed by atoms with Crippen LogP contribution in [-0.2, 0) is 11.0 Å². The minimum atomic E-state index is -4.55. The maximum absolute atomic E-state index is 13.0. The number of alkyl halides is 3. The largest absolute Gasteiger partial charge is 0.418 e. The molecule has 20 heavy (non-hydrogen) atoms. The van der Waals surface area contributed by atoms with Gasteiger partial charge in [-0.15, -0.1) is 0 Å². The molecule has 106 valence electrons. The summed E-state index contributed by atoms with van der Waals surface area (Å²) in [4.78, 5) is 12.6. The summed E-state index contributed by atoms with van der Waals surface area (Å²) in [5.41, 5.74) is 4.25. The first-order valence-corrected chi connectivity index (χ1v) is 5.98. The summed E-state index contributed by atoms with van der Waals surface area (Å²) in [7, 11) is 0. The number of nitriles is 1. The molecule has 1 aliphatic rings. The van der Waals surface area contributed by atoms with E-state index in [-0.39, 0.29) is 17.8 Å². The maximum atomic E-state index is 13.0. The van der Waals surface area contributed by atoms with E-state index >= 15 is 0 Å². The van der Waals surface area contributed by atoms with E-state index in [1.807, 2.05) is 0 Å². The Labute approximate surface area is 113 Å². The summed E-state index contributed by atoms with van der Waals surface area (Å²) >= 11 is 0. The molecule has 0 spiro atoms. The average Bonchev–Trinajstić information content (AvgIpc) is 2.86. The second-order valence-electron chi connectivity index (χ2n) is 4.68. The van der Waals surface area contributed by atoms with Crippen molar-refractivity contribution in [2.24, 2.45) is 11.7 Å².